The summed E-state index contributed by atoms with van der Waals surface area (Å²) in [6, 6.07) is 0. The Kier molecular flexibility index (Phi) is 15800000. The number of hydrogen-bond donors (Lipinski definition) is 0. The monoisotopic (exact) mass is 317 g/mol. The number of rotatable bonds is 0. The molecule has 0 amide bonds. The molecule has 0 aromatic rings. The van der Waals surface area contributed by atoms with E-state index in [0.29, 0.717) is 0 Å². The first-order valence-electron chi connectivity index (χ1n) is 1.34. The van der Waals surface area contributed by atoms with Crippen molar-refractivity contribution < 1.29 is 33.8 Å². The third kappa shape index (κ3) is 2030000. The Bertz CT molecular complexity index is 106. The Morgan fingerprint density at radius 2 is 0.375 bits per heavy atom. The molecule has 10 heteroatoms. The zero-order chi connectivity index (χ0) is 12.0. The Morgan fingerprint density at radius 1 is 0.375 bits per heavy atom. The summed E-state index contributed by atoms with van der Waals surface area (Å²) in [6.07, 6.45) is 0. The van der Waals surface area contributed by atoms with Crippen molar-refractivity contribution in [1.29, 1.82) is 31.6 Å². The first kappa shape index (κ1) is 100. The van der Waals surface area contributed by atoms with E-state index in [-0.39, 0.29) is 93.0 Å². The van der Waals surface area contributed by atoms with Gasteiger partial charge in [0.15, 0.2) is 0 Å². The maximum atomic E-state index is 6.25. The van der Waals surface area contributed by atoms with E-state index in [1.54, 1.807) is 0 Å². The molecule has 0 aromatic carbocycles. The van der Waals surface area contributed by atoms with Gasteiger partial charge in [-0.1, -0.05) is 0 Å². The Hall–Kier alpha value is -0.0340. The summed E-state index contributed by atoms with van der Waals surface area (Å²) in [6.45, 7) is 28.5. The fourth-order valence-corrected chi connectivity index (χ4v) is 0. The van der Waals surface area contributed by atoms with Crippen LogP contribution in [0.5, 0.6) is 0 Å². The first-order chi connectivity index (χ1) is 6.00. The van der Waals surface area contributed by atoms with Crippen LogP contribution in [0.1, 0.15) is 0 Å². The average molecular weight is 317 g/mol. The van der Waals surface area contributed by atoms with E-state index in [2.05, 4.69) is 0 Å². The summed E-state index contributed by atoms with van der Waals surface area (Å²) in [4.78, 5) is 0. The van der Waals surface area contributed by atoms with Gasteiger partial charge in [0, 0.05) is 93.0 Å². The molecule has 0 heterocycles. The van der Waals surface area contributed by atoms with Gasteiger partial charge in [-0.15, -0.1) is 0 Å². The van der Waals surface area contributed by atoms with Gasteiger partial charge in [0.05, 0.1) is 0 Å². The van der Waals surface area contributed by atoms with Crippen molar-refractivity contribution >= 4 is 59.1 Å². The fraction of sp³-hybridized carbons (Fsp3) is 0. The van der Waals surface area contributed by atoms with Crippen molar-refractivity contribution in [2.75, 3.05) is 0 Å². The van der Waals surface area contributed by atoms with Crippen molar-refractivity contribution in [3.05, 3.63) is 39.4 Å². The standard InChI is InChI=1S/6CN.Co.Fe.2Na/c6*1-2;;;;/q6*-1;;;;. The van der Waals surface area contributed by atoms with Crippen molar-refractivity contribution in [3.63, 3.8) is 0 Å². The van der Waals surface area contributed by atoms with Crippen molar-refractivity contribution in [1.82, 2.24) is 0 Å². The summed E-state index contributed by atoms with van der Waals surface area (Å²) < 4.78 is 0. The Morgan fingerprint density at radius 3 is 0.375 bits per heavy atom. The molecule has 0 atom stereocenters. The van der Waals surface area contributed by atoms with Crippen molar-refractivity contribution in [2.24, 2.45) is 0 Å². The molecular weight excluding hydrogens is 317 g/mol. The molecule has 0 rings (SSSR count). The molecule has 0 N–H and O–H groups in total. The largest absolute Gasteiger partial charge is 0.512 e. The smallest absolute Gasteiger partial charge is 0 e. The van der Waals surface area contributed by atoms with Crippen molar-refractivity contribution in [2.45, 2.75) is 0 Å². The minimum absolute atomic E-state index is 0. The van der Waals surface area contributed by atoms with Crippen LogP contribution in [-0.2, 0) is 33.8 Å². The van der Waals surface area contributed by atoms with Crippen LogP contribution in [0, 0.1) is 71.0 Å². The van der Waals surface area contributed by atoms with E-state index >= 15 is 0 Å². The summed E-state index contributed by atoms with van der Waals surface area (Å²) in [5.41, 5.74) is 0. The van der Waals surface area contributed by atoms with Gasteiger partial charge in [-0.3, -0.25) is 0 Å². The molecule has 3 radical (unpaired) electrons. The van der Waals surface area contributed by atoms with Gasteiger partial charge in [-0.25, -0.2) is 0 Å². The maximum Gasteiger partial charge on any atom is 0 e. The minimum atomic E-state index is 0. The number of nitrogens with zero attached hydrogens (tertiary/aromatic N) is 6. The van der Waals surface area contributed by atoms with Crippen LogP contribution in [0.3, 0.4) is 0 Å². The first-order valence-corrected chi connectivity index (χ1v) is 1.34. The van der Waals surface area contributed by atoms with E-state index in [0.717, 1.165) is 0 Å². The third-order valence-corrected chi connectivity index (χ3v) is 0. The molecule has 0 aliphatic rings. The predicted molar refractivity (Wildman–Crippen MR) is 41.3 cm³/mol. The molecule has 0 spiro atoms. The van der Waals surface area contributed by atoms with Gasteiger partial charge in [-0.05, 0) is 0 Å². The topological polar surface area (TPSA) is 143 Å². The second-order valence-corrected chi connectivity index (χ2v) is 0. The molecule has 79 valence electrons. The summed E-state index contributed by atoms with van der Waals surface area (Å²) in [7, 11) is 0. The summed E-state index contributed by atoms with van der Waals surface area (Å²) in [5, 5.41) is 37.5. The van der Waals surface area contributed by atoms with Gasteiger partial charge in [0.2, 0.25) is 0 Å². The van der Waals surface area contributed by atoms with Crippen LogP contribution < -0.4 is 0 Å². The predicted octanol–water partition coefficient (Wildman–Crippen LogP) is -0.188. The quantitative estimate of drug-likeness (QED) is 0.447. The summed E-state index contributed by atoms with van der Waals surface area (Å²) in [5.74, 6) is 0. The van der Waals surface area contributed by atoms with E-state index in [1.807, 2.05) is 0 Å². The molecule has 0 unspecified atom stereocenters. The van der Waals surface area contributed by atoms with Crippen molar-refractivity contribution in [3.8, 4) is 0 Å². The van der Waals surface area contributed by atoms with Crippen LogP contribution in [0.15, 0.2) is 0 Å². The average Bonchev–Trinajstić information content (AvgIpc) is 2.33. The SMILES string of the molecule is [C-]#N.[C-]#N.[C-]#N.[C-]#N.[C-]#N.[C-]#N.[Co].[Fe].[Na].[Na]. The van der Waals surface area contributed by atoms with Gasteiger partial charge < -0.3 is 71.0 Å². The molecule has 0 saturated carbocycles. The van der Waals surface area contributed by atoms with E-state index in [4.69, 9.17) is 71.0 Å². The summed E-state index contributed by atoms with van der Waals surface area (Å²) >= 11 is 0. The Labute approximate surface area is 162 Å². The maximum absolute atomic E-state index is 6.25. The molecular formula is C6CoFeN6Na2-6. The van der Waals surface area contributed by atoms with Gasteiger partial charge in [0.1, 0.15) is 0 Å². The zero-order valence-corrected chi connectivity index (χ0v) is 14.5. The van der Waals surface area contributed by atoms with Crippen LogP contribution >= 0.6 is 0 Å². The van der Waals surface area contributed by atoms with E-state index in [1.165, 1.54) is 0 Å². The molecule has 0 aliphatic carbocycles. The van der Waals surface area contributed by atoms with Crippen LogP contribution in [-0.4, -0.2) is 59.1 Å². The van der Waals surface area contributed by atoms with Gasteiger partial charge >= 0.3 is 0 Å². The zero-order valence-electron chi connectivity index (χ0n) is 8.37. The van der Waals surface area contributed by atoms with Gasteiger partial charge in [0.25, 0.3) is 0 Å². The molecule has 0 bridgehead atoms. The van der Waals surface area contributed by atoms with Crippen LogP contribution in [0.4, 0.5) is 0 Å². The van der Waals surface area contributed by atoms with Gasteiger partial charge in [-0.2, -0.15) is 0 Å². The Balaban J connectivity index is -0.00000000321. The fourth-order valence-electron chi connectivity index (χ4n) is 0. The third-order valence-electron chi connectivity index (χ3n) is 0. The van der Waals surface area contributed by atoms with E-state index < -0.39 is 0 Å². The molecule has 0 fully saturated rings. The number of hydrogen-bond acceptors (Lipinski definition) is 6. The van der Waals surface area contributed by atoms with Crippen LogP contribution in [0.25, 0.3) is 0 Å². The molecule has 16 heavy (non-hydrogen) atoms. The minimum Gasteiger partial charge on any atom is -0.512 e. The molecule has 0 aliphatic heterocycles. The van der Waals surface area contributed by atoms with E-state index in [9.17, 15) is 0 Å². The molecule has 6 nitrogen and oxygen atoms in total. The second-order valence-electron chi connectivity index (χ2n) is 0. The normalized spacial score (nSPS) is 0.750. The molecule has 0 saturated heterocycles. The second kappa shape index (κ2) is 2520000. The molecule has 0 aromatic heterocycles. The van der Waals surface area contributed by atoms with Crippen LogP contribution in [0.2, 0.25) is 0 Å².